The van der Waals surface area contributed by atoms with Crippen LogP contribution in [0.4, 0.5) is 5.69 Å². The average Bonchev–Trinajstić information content (AvgIpc) is 3.52. The standard InChI is InChI=1S/C23H25N3O5S2/c1-30-21-11-10-16(12-22(21)33(28,29)26-17-6-2-3-7-17)23(27)25-19-8-4-5-9-20(19)31-13-18-14-32-15-24-18/h4-5,8-12,14-15,17,26H,2-3,6-7,13H2,1H3,(H,25,27). The Bertz CT molecular complexity index is 1210. The summed E-state index contributed by atoms with van der Waals surface area (Å²) in [6.45, 7) is 0.272. The van der Waals surface area contributed by atoms with Gasteiger partial charge in [-0.1, -0.05) is 25.0 Å². The van der Waals surface area contributed by atoms with Crippen molar-refractivity contribution in [1.82, 2.24) is 9.71 Å². The van der Waals surface area contributed by atoms with E-state index in [9.17, 15) is 13.2 Å². The van der Waals surface area contributed by atoms with Gasteiger partial charge in [0, 0.05) is 17.0 Å². The summed E-state index contributed by atoms with van der Waals surface area (Å²) in [4.78, 5) is 17.1. The fourth-order valence-electron chi connectivity index (χ4n) is 3.71. The van der Waals surface area contributed by atoms with Gasteiger partial charge in [0.05, 0.1) is 24.0 Å². The number of amides is 1. The summed E-state index contributed by atoms with van der Waals surface area (Å²) in [6, 6.07) is 11.3. The molecular weight excluding hydrogens is 462 g/mol. The van der Waals surface area contributed by atoms with Crippen LogP contribution in [-0.4, -0.2) is 32.5 Å². The number of anilines is 1. The number of benzene rings is 2. The van der Waals surface area contributed by atoms with Crippen molar-refractivity contribution in [3.8, 4) is 11.5 Å². The number of hydrogen-bond donors (Lipinski definition) is 2. The molecule has 2 aromatic carbocycles. The molecule has 8 nitrogen and oxygen atoms in total. The highest BCUT2D eigenvalue weighted by Gasteiger charge is 2.26. The van der Waals surface area contributed by atoms with Crippen LogP contribution in [0.15, 0.2) is 58.3 Å². The number of ether oxygens (including phenoxy) is 2. The predicted octanol–water partition coefficient (Wildman–Crippen LogP) is 4.20. The SMILES string of the molecule is COc1ccc(C(=O)Nc2ccccc2OCc2cscn2)cc1S(=O)(=O)NC1CCCC1. The Morgan fingerprint density at radius 3 is 2.67 bits per heavy atom. The van der Waals surface area contributed by atoms with Gasteiger partial charge in [-0.3, -0.25) is 4.79 Å². The van der Waals surface area contributed by atoms with E-state index in [0.717, 1.165) is 31.4 Å². The molecule has 0 saturated heterocycles. The van der Waals surface area contributed by atoms with Gasteiger partial charge in [0.2, 0.25) is 10.0 Å². The van der Waals surface area contributed by atoms with Crippen LogP contribution in [-0.2, 0) is 16.6 Å². The predicted molar refractivity (Wildman–Crippen MR) is 126 cm³/mol. The molecule has 3 aromatic rings. The van der Waals surface area contributed by atoms with Crippen molar-refractivity contribution in [2.24, 2.45) is 0 Å². The molecule has 1 heterocycles. The first kappa shape index (κ1) is 23.2. The zero-order chi connectivity index (χ0) is 23.3. The summed E-state index contributed by atoms with van der Waals surface area (Å²) >= 11 is 1.48. The molecule has 4 rings (SSSR count). The number of carbonyl (C=O) groups excluding carboxylic acids is 1. The molecule has 0 bridgehead atoms. The Labute approximate surface area is 197 Å². The number of hydrogen-bond acceptors (Lipinski definition) is 7. The van der Waals surface area contributed by atoms with Crippen molar-refractivity contribution >= 4 is 33.0 Å². The second-order valence-corrected chi connectivity index (χ2v) is 10.1. The van der Waals surface area contributed by atoms with Crippen LogP contribution in [0.3, 0.4) is 0 Å². The van der Waals surface area contributed by atoms with E-state index < -0.39 is 15.9 Å². The summed E-state index contributed by atoms with van der Waals surface area (Å²) in [5.74, 6) is 0.215. The minimum Gasteiger partial charge on any atom is -0.495 e. The van der Waals surface area contributed by atoms with Gasteiger partial charge < -0.3 is 14.8 Å². The third-order valence-corrected chi connectivity index (χ3v) is 7.56. The van der Waals surface area contributed by atoms with Gasteiger partial charge in [0.1, 0.15) is 23.0 Å². The Balaban J connectivity index is 1.54. The highest BCUT2D eigenvalue weighted by molar-refractivity contribution is 7.89. The summed E-state index contributed by atoms with van der Waals surface area (Å²) < 4.78 is 39.8. The summed E-state index contributed by atoms with van der Waals surface area (Å²) in [6.07, 6.45) is 3.60. The number of sulfonamides is 1. The molecule has 1 fully saturated rings. The van der Waals surface area contributed by atoms with Gasteiger partial charge in [0.25, 0.3) is 5.91 Å². The van der Waals surface area contributed by atoms with Crippen LogP contribution in [0, 0.1) is 0 Å². The zero-order valence-electron chi connectivity index (χ0n) is 18.1. The fraction of sp³-hybridized carbons (Fsp3) is 0.304. The van der Waals surface area contributed by atoms with E-state index in [4.69, 9.17) is 9.47 Å². The topological polar surface area (TPSA) is 107 Å². The molecule has 0 unspecified atom stereocenters. The minimum atomic E-state index is -3.84. The van der Waals surface area contributed by atoms with Crippen LogP contribution >= 0.6 is 11.3 Å². The molecule has 1 saturated carbocycles. The molecule has 174 valence electrons. The quantitative estimate of drug-likeness (QED) is 0.468. The van der Waals surface area contributed by atoms with Gasteiger partial charge in [0.15, 0.2) is 0 Å². The van der Waals surface area contributed by atoms with Gasteiger partial charge in [-0.2, -0.15) is 0 Å². The number of aromatic nitrogens is 1. The normalized spacial score (nSPS) is 14.2. The van der Waals surface area contributed by atoms with E-state index in [1.165, 1.54) is 36.6 Å². The van der Waals surface area contributed by atoms with Gasteiger partial charge in [-0.05, 0) is 43.2 Å². The van der Waals surface area contributed by atoms with Crippen molar-refractivity contribution < 1.29 is 22.7 Å². The van der Waals surface area contributed by atoms with E-state index in [-0.39, 0.29) is 28.9 Å². The first-order chi connectivity index (χ1) is 16.0. The number of carbonyl (C=O) groups is 1. The fourth-order valence-corrected chi connectivity index (χ4v) is 5.75. The second kappa shape index (κ2) is 10.3. The van der Waals surface area contributed by atoms with Crippen molar-refractivity contribution in [3.63, 3.8) is 0 Å². The van der Waals surface area contributed by atoms with E-state index in [1.807, 2.05) is 5.38 Å². The van der Waals surface area contributed by atoms with Crippen LogP contribution in [0.25, 0.3) is 0 Å². The highest BCUT2D eigenvalue weighted by Crippen LogP contribution is 2.29. The highest BCUT2D eigenvalue weighted by atomic mass is 32.2. The lowest BCUT2D eigenvalue weighted by atomic mass is 10.2. The third-order valence-electron chi connectivity index (χ3n) is 5.39. The molecule has 33 heavy (non-hydrogen) atoms. The maximum atomic E-state index is 13.0. The Kier molecular flexibility index (Phi) is 7.26. The smallest absolute Gasteiger partial charge is 0.255 e. The molecule has 0 aliphatic heterocycles. The maximum absolute atomic E-state index is 13.0. The molecule has 10 heteroatoms. The molecule has 0 radical (unpaired) electrons. The Morgan fingerprint density at radius 2 is 1.94 bits per heavy atom. The molecule has 1 amide bonds. The van der Waals surface area contributed by atoms with Crippen LogP contribution in [0.1, 0.15) is 41.7 Å². The monoisotopic (exact) mass is 487 g/mol. The number of methoxy groups -OCH3 is 1. The minimum absolute atomic E-state index is 0.0578. The first-order valence-corrected chi connectivity index (χ1v) is 13.0. The number of rotatable bonds is 9. The van der Waals surface area contributed by atoms with Crippen molar-refractivity contribution in [2.75, 3.05) is 12.4 Å². The van der Waals surface area contributed by atoms with Gasteiger partial charge in [-0.15, -0.1) is 11.3 Å². The molecule has 2 N–H and O–H groups in total. The van der Waals surface area contributed by atoms with Crippen molar-refractivity contribution in [3.05, 3.63) is 64.6 Å². The number of nitrogens with one attached hydrogen (secondary N) is 2. The van der Waals surface area contributed by atoms with Crippen LogP contribution in [0.2, 0.25) is 0 Å². The Hall–Kier alpha value is -2.95. The van der Waals surface area contributed by atoms with Gasteiger partial charge in [-0.25, -0.2) is 18.1 Å². The molecule has 1 aliphatic rings. The summed E-state index contributed by atoms with van der Waals surface area (Å²) in [5, 5.41) is 4.70. The second-order valence-electron chi connectivity index (χ2n) is 7.69. The summed E-state index contributed by atoms with van der Waals surface area (Å²) in [7, 11) is -2.44. The number of thiazole rings is 1. The van der Waals surface area contributed by atoms with E-state index >= 15 is 0 Å². The summed E-state index contributed by atoms with van der Waals surface area (Å²) in [5.41, 5.74) is 3.18. The van der Waals surface area contributed by atoms with Crippen molar-refractivity contribution in [1.29, 1.82) is 0 Å². The molecule has 0 spiro atoms. The molecule has 0 atom stereocenters. The first-order valence-electron chi connectivity index (χ1n) is 10.6. The van der Waals surface area contributed by atoms with E-state index in [1.54, 1.807) is 29.8 Å². The lowest BCUT2D eigenvalue weighted by molar-refractivity contribution is 0.102. The number of para-hydroxylation sites is 2. The Morgan fingerprint density at radius 1 is 1.15 bits per heavy atom. The third kappa shape index (κ3) is 5.70. The van der Waals surface area contributed by atoms with E-state index in [0.29, 0.717) is 11.4 Å². The zero-order valence-corrected chi connectivity index (χ0v) is 19.7. The average molecular weight is 488 g/mol. The van der Waals surface area contributed by atoms with Gasteiger partial charge >= 0.3 is 0 Å². The lowest BCUT2D eigenvalue weighted by Gasteiger charge is -2.16. The van der Waals surface area contributed by atoms with Crippen molar-refractivity contribution in [2.45, 2.75) is 43.2 Å². The lowest BCUT2D eigenvalue weighted by Crippen LogP contribution is -2.33. The molecular formula is C23H25N3O5S2. The van der Waals surface area contributed by atoms with Crippen LogP contribution < -0.4 is 19.5 Å². The molecule has 1 aromatic heterocycles. The largest absolute Gasteiger partial charge is 0.495 e. The molecule has 1 aliphatic carbocycles. The van der Waals surface area contributed by atoms with E-state index in [2.05, 4.69) is 15.0 Å². The maximum Gasteiger partial charge on any atom is 0.255 e. The number of nitrogens with zero attached hydrogens (tertiary/aromatic N) is 1. The van der Waals surface area contributed by atoms with Crippen LogP contribution in [0.5, 0.6) is 11.5 Å².